The second kappa shape index (κ2) is 5.36. The third-order valence-corrected chi connectivity index (χ3v) is 3.07. The molecule has 0 aliphatic heterocycles. The quantitative estimate of drug-likeness (QED) is 0.856. The van der Waals surface area contributed by atoms with Gasteiger partial charge in [-0.15, -0.1) is 0 Å². The van der Waals surface area contributed by atoms with E-state index < -0.39 is 0 Å². The van der Waals surface area contributed by atoms with Crippen molar-refractivity contribution < 1.29 is 9.90 Å². The lowest BCUT2D eigenvalue weighted by Crippen LogP contribution is -2.36. The van der Waals surface area contributed by atoms with Gasteiger partial charge < -0.3 is 10.4 Å². The molecule has 2 aromatic rings. The van der Waals surface area contributed by atoms with Gasteiger partial charge >= 0.3 is 0 Å². The highest BCUT2D eigenvalue weighted by atomic mass is 16.3. The molecule has 1 amide bonds. The number of amides is 1. The molecule has 0 saturated carbocycles. The van der Waals surface area contributed by atoms with Gasteiger partial charge in [-0.1, -0.05) is 6.92 Å². The zero-order valence-corrected chi connectivity index (χ0v) is 11.3. The smallest absolute Gasteiger partial charge is 0.257 e. The van der Waals surface area contributed by atoms with Crippen LogP contribution in [0.4, 0.5) is 0 Å². The van der Waals surface area contributed by atoms with E-state index in [9.17, 15) is 4.79 Å². The number of aliphatic hydroxyl groups excluding tert-OH is 1. The summed E-state index contributed by atoms with van der Waals surface area (Å²) in [6, 6.07) is 1.66. The molecule has 2 aromatic heterocycles. The van der Waals surface area contributed by atoms with Crippen LogP contribution in [0.25, 0.3) is 5.65 Å². The fourth-order valence-electron chi connectivity index (χ4n) is 1.97. The Hall–Kier alpha value is -1.95. The van der Waals surface area contributed by atoms with Gasteiger partial charge in [-0.05, 0) is 26.3 Å². The maximum atomic E-state index is 12.2. The summed E-state index contributed by atoms with van der Waals surface area (Å²) in [5, 5.41) is 16.1. The molecular weight excluding hydrogens is 244 g/mol. The summed E-state index contributed by atoms with van der Waals surface area (Å²) in [6.45, 7) is 5.62. The number of hydrogen-bond acceptors (Lipinski definition) is 4. The van der Waals surface area contributed by atoms with Gasteiger partial charge in [0.15, 0.2) is 5.65 Å². The van der Waals surface area contributed by atoms with Crippen LogP contribution in [0.1, 0.15) is 35.1 Å². The molecule has 2 heterocycles. The highest BCUT2D eigenvalue weighted by molar-refractivity contribution is 5.99. The van der Waals surface area contributed by atoms with E-state index >= 15 is 0 Å². The standard InChI is InChI=1S/C13H18N4O2/c1-4-10(7-18)16-13(19)11-6-14-17-9(3)5-8(2)15-12(11)17/h5-6,10,18H,4,7H2,1-3H3,(H,16,19)/t10-/m0/s1. The molecule has 0 spiro atoms. The number of rotatable bonds is 4. The minimum atomic E-state index is -0.256. The monoisotopic (exact) mass is 262 g/mol. The fourth-order valence-corrected chi connectivity index (χ4v) is 1.97. The number of nitrogens with one attached hydrogen (secondary N) is 1. The predicted octanol–water partition coefficient (Wildman–Crippen LogP) is 0.847. The van der Waals surface area contributed by atoms with Crippen molar-refractivity contribution in [2.75, 3.05) is 6.61 Å². The van der Waals surface area contributed by atoms with Crippen molar-refractivity contribution in [3.63, 3.8) is 0 Å². The molecule has 0 aliphatic carbocycles. The summed E-state index contributed by atoms with van der Waals surface area (Å²) in [4.78, 5) is 16.5. The fraction of sp³-hybridized carbons (Fsp3) is 0.462. The van der Waals surface area contributed by atoms with Gasteiger partial charge in [0, 0.05) is 11.4 Å². The number of carbonyl (C=O) groups excluding carboxylic acids is 1. The van der Waals surface area contributed by atoms with Gasteiger partial charge in [0.05, 0.1) is 18.8 Å². The van der Waals surface area contributed by atoms with Gasteiger partial charge in [-0.2, -0.15) is 5.10 Å². The number of aromatic nitrogens is 3. The molecular formula is C13H18N4O2. The van der Waals surface area contributed by atoms with Crippen LogP contribution in [0.2, 0.25) is 0 Å². The van der Waals surface area contributed by atoms with Gasteiger partial charge in [0.1, 0.15) is 5.56 Å². The van der Waals surface area contributed by atoms with Crippen LogP contribution in [-0.2, 0) is 0 Å². The maximum absolute atomic E-state index is 12.2. The molecule has 0 bridgehead atoms. The van der Waals surface area contributed by atoms with Crippen LogP contribution in [0.5, 0.6) is 0 Å². The van der Waals surface area contributed by atoms with Crippen LogP contribution >= 0.6 is 0 Å². The Morgan fingerprint density at radius 1 is 1.53 bits per heavy atom. The first-order valence-corrected chi connectivity index (χ1v) is 6.30. The van der Waals surface area contributed by atoms with Crippen molar-refractivity contribution in [1.29, 1.82) is 0 Å². The topological polar surface area (TPSA) is 79.5 Å². The molecule has 2 N–H and O–H groups in total. The third-order valence-electron chi connectivity index (χ3n) is 3.07. The zero-order valence-electron chi connectivity index (χ0n) is 11.3. The molecule has 0 fully saturated rings. The second-order valence-electron chi connectivity index (χ2n) is 4.59. The third kappa shape index (κ3) is 2.58. The molecule has 102 valence electrons. The van der Waals surface area contributed by atoms with Gasteiger partial charge in [0.25, 0.3) is 5.91 Å². The maximum Gasteiger partial charge on any atom is 0.257 e. The minimum absolute atomic E-state index is 0.0765. The molecule has 0 radical (unpaired) electrons. The van der Waals surface area contributed by atoms with Gasteiger partial charge in [-0.25, -0.2) is 9.50 Å². The Bertz CT molecular complexity index is 602. The van der Waals surface area contributed by atoms with E-state index in [4.69, 9.17) is 5.11 Å². The molecule has 0 saturated heterocycles. The van der Waals surface area contributed by atoms with E-state index in [1.54, 1.807) is 4.52 Å². The van der Waals surface area contributed by atoms with E-state index in [0.717, 1.165) is 11.4 Å². The Morgan fingerprint density at radius 3 is 2.89 bits per heavy atom. The predicted molar refractivity (Wildman–Crippen MR) is 71.1 cm³/mol. The van der Waals surface area contributed by atoms with E-state index in [1.807, 2.05) is 26.8 Å². The van der Waals surface area contributed by atoms with Crippen molar-refractivity contribution in [1.82, 2.24) is 19.9 Å². The van der Waals surface area contributed by atoms with Crippen LogP contribution in [0.15, 0.2) is 12.3 Å². The Kier molecular flexibility index (Phi) is 3.80. The molecule has 1 atom stereocenters. The number of hydrogen-bond donors (Lipinski definition) is 2. The van der Waals surface area contributed by atoms with Crippen LogP contribution in [0, 0.1) is 13.8 Å². The number of aryl methyl sites for hydroxylation is 2. The Morgan fingerprint density at radius 2 is 2.26 bits per heavy atom. The molecule has 0 unspecified atom stereocenters. The SMILES string of the molecule is CC[C@@H](CO)NC(=O)c1cnn2c(C)cc(C)nc12. The first kappa shape index (κ1) is 13.5. The number of aliphatic hydroxyl groups is 1. The van der Waals surface area contributed by atoms with E-state index in [1.165, 1.54) is 6.20 Å². The number of fused-ring (bicyclic) bond motifs is 1. The minimum Gasteiger partial charge on any atom is -0.394 e. The lowest BCUT2D eigenvalue weighted by atomic mass is 10.2. The molecule has 2 rings (SSSR count). The van der Waals surface area contributed by atoms with Crippen LogP contribution in [-0.4, -0.2) is 38.3 Å². The summed E-state index contributed by atoms with van der Waals surface area (Å²) in [7, 11) is 0. The van der Waals surface area contributed by atoms with E-state index in [-0.39, 0.29) is 18.6 Å². The van der Waals surface area contributed by atoms with Crippen molar-refractivity contribution in [3.05, 3.63) is 29.2 Å². The average Bonchev–Trinajstić information content (AvgIpc) is 2.79. The molecule has 6 heteroatoms. The Labute approximate surface area is 111 Å². The second-order valence-corrected chi connectivity index (χ2v) is 4.59. The molecule has 19 heavy (non-hydrogen) atoms. The number of nitrogens with zero attached hydrogens (tertiary/aromatic N) is 3. The van der Waals surface area contributed by atoms with E-state index in [2.05, 4.69) is 15.4 Å². The first-order chi connectivity index (χ1) is 9.06. The molecule has 0 aromatic carbocycles. The summed E-state index contributed by atoms with van der Waals surface area (Å²) < 4.78 is 1.64. The first-order valence-electron chi connectivity index (χ1n) is 6.30. The van der Waals surface area contributed by atoms with Gasteiger partial charge in [0.2, 0.25) is 0 Å². The lowest BCUT2D eigenvalue weighted by molar-refractivity contribution is 0.0916. The zero-order chi connectivity index (χ0) is 14.0. The van der Waals surface area contributed by atoms with Crippen molar-refractivity contribution in [2.45, 2.75) is 33.2 Å². The molecule has 0 aliphatic rings. The largest absolute Gasteiger partial charge is 0.394 e. The highest BCUT2D eigenvalue weighted by Crippen LogP contribution is 2.12. The van der Waals surface area contributed by atoms with Crippen molar-refractivity contribution in [3.8, 4) is 0 Å². The lowest BCUT2D eigenvalue weighted by Gasteiger charge is -2.13. The summed E-state index contributed by atoms with van der Waals surface area (Å²) >= 11 is 0. The number of carbonyl (C=O) groups is 1. The summed E-state index contributed by atoms with van der Waals surface area (Å²) in [5.74, 6) is -0.256. The Balaban J connectivity index is 2.38. The normalized spacial score (nSPS) is 12.6. The van der Waals surface area contributed by atoms with Gasteiger partial charge in [-0.3, -0.25) is 4.79 Å². The molecule has 6 nitrogen and oxygen atoms in total. The van der Waals surface area contributed by atoms with Crippen molar-refractivity contribution >= 4 is 11.6 Å². The van der Waals surface area contributed by atoms with Crippen molar-refractivity contribution in [2.24, 2.45) is 0 Å². The van der Waals surface area contributed by atoms with E-state index in [0.29, 0.717) is 17.6 Å². The summed E-state index contributed by atoms with van der Waals surface area (Å²) in [5.41, 5.74) is 2.74. The average molecular weight is 262 g/mol. The van der Waals surface area contributed by atoms with Crippen LogP contribution in [0.3, 0.4) is 0 Å². The highest BCUT2D eigenvalue weighted by Gasteiger charge is 2.17. The van der Waals surface area contributed by atoms with Crippen LogP contribution < -0.4 is 5.32 Å². The summed E-state index contributed by atoms with van der Waals surface area (Å²) in [6.07, 6.45) is 2.18.